The van der Waals surface area contributed by atoms with E-state index in [1.165, 1.54) is 11.9 Å². The lowest BCUT2D eigenvalue weighted by Gasteiger charge is -2.34. The van der Waals surface area contributed by atoms with Gasteiger partial charge in [-0.25, -0.2) is 4.72 Å². The first-order chi connectivity index (χ1) is 18.3. The Kier molecular flexibility index (Phi) is 10.1. The molecular formula is C29H33Cl2N5OS. The van der Waals surface area contributed by atoms with Crippen molar-refractivity contribution in [3.05, 3.63) is 87.9 Å². The minimum absolute atomic E-state index is 0.0108. The number of amides is 1. The molecule has 0 aliphatic carbocycles. The number of hydrogen-bond acceptors (Lipinski definition) is 5. The highest BCUT2D eigenvalue weighted by molar-refractivity contribution is 7.97. The second kappa shape index (κ2) is 13.5. The second-order valence-electron chi connectivity index (χ2n) is 9.59. The quantitative estimate of drug-likeness (QED) is 0.141. The number of nitrogens with zero attached hydrogens (tertiary/aromatic N) is 1. The van der Waals surface area contributed by atoms with Crippen LogP contribution in [-0.4, -0.2) is 42.3 Å². The summed E-state index contributed by atoms with van der Waals surface area (Å²) >= 11 is 13.9. The predicted molar refractivity (Wildman–Crippen MR) is 159 cm³/mol. The number of nitrogens with one attached hydrogen (secondary N) is 2. The fraction of sp³-hybridized carbons (Fsp3) is 0.310. The van der Waals surface area contributed by atoms with Crippen LogP contribution in [0.5, 0.6) is 0 Å². The number of nitrogens with two attached hydrogens (primary N) is 2. The number of rotatable bonds is 10. The number of hydrogen-bond donors (Lipinski definition) is 4. The van der Waals surface area contributed by atoms with E-state index in [1.807, 2.05) is 59.5 Å². The molecule has 1 amide bonds. The molecule has 1 fully saturated rings. The number of likely N-dealkylation sites (tertiary alicyclic amines) is 1. The van der Waals surface area contributed by atoms with Gasteiger partial charge in [0, 0.05) is 39.2 Å². The number of amidine groups is 1. The summed E-state index contributed by atoms with van der Waals surface area (Å²) in [6.07, 6.45) is 3.45. The molecule has 0 aromatic heterocycles. The fourth-order valence-corrected chi connectivity index (χ4v) is 6.08. The lowest BCUT2D eigenvalue weighted by atomic mass is 9.93. The molecule has 0 saturated carbocycles. The van der Waals surface area contributed by atoms with Crippen molar-refractivity contribution in [3.63, 3.8) is 0 Å². The van der Waals surface area contributed by atoms with Crippen molar-refractivity contribution in [2.24, 2.45) is 17.4 Å². The zero-order chi connectivity index (χ0) is 27.1. The molecule has 6 nitrogen and oxygen atoms in total. The summed E-state index contributed by atoms with van der Waals surface area (Å²) in [5.74, 6) is 0.671. The van der Waals surface area contributed by atoms with E-state index >= 15 is 0 Å². The number of piperidine rings is 1. The summed E-state index contributed by atoms with van der Waals surface area (Å²) in [4.78, 5) is 16.6. The van der Waals surface area contributed by atoms with Gasteiger partial charge in [0.25, 0.3) is 0 Å². The fourth-order valence-electron chi connectivity index (χ4n) is 4.77. The molecule has 6 N–H and O–H groups in total. The van der Waals surface area contributed by atoms with E-state index in [4.69, 9.17) is 40.1 Å². The zero-order valence-electron chi connectivity index (χ0n) is 21.1. The van der Waals surface area contributed by atoms with Crippen molar-refractivity contribution in [2.45, 2.75) is 36.6 Å². The van der Waals surface area contributed by atoms with Gasteiger partial charge in [0.05, 0.1) is 0 Å². The molecule has 3 aromatic rings. The van der Waals surface area contributed by atoms with Crippen molar-refractivity contribution in [1.82, 2.24) is 9.62 Å². The molecular weight excluding hydrogens is 537 g/mol. The van der Waals surface area contributed by atoms with Gasteiger partial charge >= 0.3 is 0 Å². The van der Waals surface area contributed by atoms with Crippen LogP contribution in [0.2, 0.25) is 10.0 Å². The minimum Gasteiger partial charge on any atom is -0.384 e. The Morgan fingerprint density at radius 1 is 1.08 bits per heavy atom. The molecule has 1 heterocycles. The molecule has 1 unspecified atom stereocenters. The number of halogens is 2. The van der Waals surface area contributed by atoms with Gasteiger partial charge in [-0.1, -0.05) is 59.6 Å². The van der Waals surface area contributed by atoms with E-state index in [-0.39, 0.29) is 11.7 Å². The molecule has 0 spiro atoms. The highest BCUT2D eigenvalue weighted by Gasteiger charge is 2.28. The minimum atomic E-state index is -0.448. The van der Waals surface area contributed by atoms with Crippen LogP contribution in [0.15, 0.2) is 71.6 Å². The first-order valence-electron chi connectivity index (χ1n) is 12.7. The molecule has 200 valence electrons. The summed E-state index contributed by atoms with van der Waals surface area (Å²) in [6.45, 7) is 2.17. The van der Waals surface area contributed by atoms with Crippen LogP contribution in [0.4, 0.5) is 0 Å². The molecule has 1 atom stereocenters. The van der Waals surface area contributed by atoms with E-state index in [0.717, 1.165) is 53.9 Å². The van der Waals surface area contributed by atoms with E-state index in [1.54, 1.807) is 12.1 Å². The average molecular weight is 571 g/mol. The highest BCUT2D eigenvalue weighted by atomic mass is 35.5. The van der Waals surface area contributed by atoms with Crippen LogP contribution in [0.1, 0.15) is 30.4 Å². The number of carbonyl (C=O) groups excluding carboxylic acids is 1. The zero-order valence-corrected chi connectivity index (χ0v) is 23.5. The summed E-state index contributed by atoms with van der Waals surface area (Å²) in [5.41, 5.74) is 14.9. The highest BCUT2D eigenvalue weighted by Crippen LogP contribution is 2.32. The predicted octanol–water partition coefficient (Wildman–Crippen LogP) is 5.74. The van der Waals surface area contributed by atoms with Gasteiger partial charge in [-0.15, -0.1) is 0 Å². The lowest BCUT2D eigenvalue weighted by molar-refractivity contribution is -0.134. The Labute approximate surface area is 238 Å². The van der Waals surface area contributed by atoms with Crippen molar-refractivity contribution < 1.29 is 4.79 Å². The Balaban J connectivity index is 1.51. The molecule has 1 aliphatic heterocycles. The van der Waals surface area contributed by atoms with Gasteiger partial charge in [0.1, 0.15) is 11.9 Å². The monoisotopic (exact) mass is 569 g/mol. The van der Waals surface area contributed by atoms with Crippen LogP contribution in [0.25, 0.3) is 11.1 Å². The van der Waals surface area contributed by atoms with Gasteiger partial charge in [-0.3, -0.25) is 10.2 Å². The first-order valence-corrected chi connectivity index (χ1v) is 14.3. The average Bonchev–Trinajstić information content (AvgIpc) is 2.91. The SMILES string of the molecule is N=C(N)c1cccc(CC(NSc2cccc(-c3ccc(Cl)cc3Cl)c2)C(=O)N2CCC(CCN)CC2)c1. The standard InChI is InChI=1S/C29H33Cl2N5OS/c30-23-7-8-25(26(31)18-23)21-4-2-6-24(17-21)38-35-27(16-20-3-1-5-22(15-20)28(33)34)29(37)36-13-10-19(9-12-32)11-14-36/h1-8,15,17-19,27,35H,9-14,16,32H2,(H3,33,34). The van der Waals surface area contributed by atoms with Crippen LogP contribution in [-0.2, 0) is 11.2 Å². The van der Waals surface area contributed by atoms with Crippen molar-refractivity contribution in [2.75, 3.05) is 19.6 Å². The van der Waals surface area contributed by atoms with Gasteiger partial charge in [-0.2, -0.15) is 0 Å². The third kappa shape index (κ3) is 7.52. The Bertz CT molecular complexity index is 1280. The summed E-state index contributed by atoms with van der Waals surface area (Å²) in [7, 11) is 0. The van der Waals surface area contributed by atoms with Gasteiger partial charge in [0.2, 0.25) is 5.91 Å². The van der Waals surface area contributed by atoms with E-state index in [0.29, 0.717) is 34.5 Å². The Morgan fingerprint density at radius 2 is 1.84 bits per heavy atom. The van der Waals surface area contributed by atoms with Crippen molar-refractivity contribution >= 4 is 46.9 Å². The number of nitrogen functional groups attached to an aromatic ring is 1. The maximum absolute atomic E-state index is 13.7. The topological polar surface area (TPSA) is 108 Å². The second-order valence-corrected chi connectivity index (χ2v) is 11.3. The number of benzene rings is 3. The maximum Gasteiger partial charge on any atom is 0.240 e. The van der Waals surface area contributed by atoms with Gasteiger partial charge in [-0.05, 0) is 91.6 Å². The van der Waals surface area contributed by atoms with Crippen LogP contribution in [0.3, 0.4) is 0 Å². The summed E-state index contributed by atoms with van der Waals surface area (Å²) in [6, 6.07) is 20.6. The molecule has 3 aromatic carbocycles. The van der Waals surface area contributed by atoms with Crippen LogP contribution in [0, 0.1) is 11.3 Å². The third-order valence-electron chi connectivity index (χ3n) is 6.87. The van der Waals surface area contributed by atoms with Crippen molar-refractivity contribution in [1.29, 1.82) is 5.41 Å². The summed E-state index contributed by atoms with van der Waals surface area (Å²) < 4.78 is 3.44. The molecule has 0 bridgehead atoms. The first kappa shape index (κ1) is 28.5. The normalized spacial score (nSPS) is 14.9. The van der Waals surface area contributed by atoms with E-state index in [9.17, 15) is 4.79 Å². The van der Waals surface area contributed by atoms with Crippen molar-refractivity contribution in [3.8, 4) is 11.1 Å². The molecule has 0 radical (unpaired) electrons. The molecule has 1 aliphatic rings. The van der Waals surface area contributed by atoms with Gasteiger partial charge in [0.15, 0.2) is 0 Å². The van der Waals surface area contributed by atoms with E-state index in [2.05, 4.69) is 4.72 Å². The lowest BCUT2D eigenvalue weighted by Crippen LogP contribution is -2.48. The van der Waals surface area contributed by atoms with Gasteiger partial charge < -0.3 is 16.4 Å². The van der Waals surface area contributed by atoms with Crippen LogP contribution < -0.4 is 16.2 Å². The van der Waals surface area contributed by atoms with E-state index < -0.39 is 6.04 Å². The third-order valence-corrected chi connectivity index (χ3v) is 8.31. The Hall–Kier alpha value is -2.55. The molecule has 38 heavy (non-hydrogen) atoms. The molecule has 4 rings (SSSR count). The molecule has 9 heteroatoms. The van der Waals surface area contributed by atoms with Crippen LogP contribution >= 0.6 is 35.1 Å². The number of carbonyl (C=O) groups is 1. The largest absolute Gasteiger partial charge is 0.384 e. The Morgan fingerprint density at radius 3 is 2.55 bits per heavy atom. The molecule has 1 saturated heterocycles. The summed E-state index contributed by atoms with van der Waals surface area (Å²) in [5, 5.41) is 8.96. The maximum atomic E-state index is 13.7. The smallest absolute Gasteiger partial charge is 0.240 e.